The number of nitrogens with two attached hydrogens (primary N) is 1. The second kappa shape index (κ2) is 7.12. The van der Waals surface area contributed by atoms with Crippen LogP contribution in [-0.4, -0.2) is 27.4 Å². The van der Waals surface area contributed by atoms with Crippen LogP contribution in [0.1, 0.15) is 50.3 Å². The number of likely N-dealkylation sites (tertiary alicyclic amines) is 1. The van der Waals surface area contributed by atoms with E-state index in [1.54, 1.807) is 0 Å². The molecule has 0 atom stereocenters. The van der Waals surface area contributed by atoms with Crippen molar-refractivity contribution < 1.29 is 0 Å². The Morgan fingerprint density at radius 2 is 1.73 bits per heavy atom. The highest BCUT2D eigenvalue weighted by Crippen LogP contribution is 2.28. The zero-order valence-electron chi connectivity index (χ0n) is 15.8. The molecule has 26 heavy (non-hydrogen) atoms. The largest absolute Gasteiger partial charge is 0.398 e. The number of rotatable bonds is 4. The third-order valence-electron chi connectivity index (χ3n) is 5.41. The zero-order valence-corrected chi connectivity index (χ0v) is 15.8. The molecule has 0 saturated carbocycles. The molecule has 0 spiro atoms. The lowest BCUT2D eigenvalue weighted by Crippen LogP contribution is -2.29. The maximum absolute atomic E-state index is 6.06. The molecule has 1 aliphatic rings. The number of pyridine rings is 1. The number of imidazole rings is 1. The molecule has 1 aliphatic heterocycles. The minimum absolute atomic E-state index is 0.540. The third kappa shape index (κ3) is 3.34. The van der Waals surface area contributed by atoms with Crippen LogP contribution in [0.2, 0.25) is 0 Å². The van der Waals surface area contributed by atoms with E-state index in [0.29, 0.717) is 5.92 Å². The summed E-state index contributed by atoms with van der Waals surface area (Å²) in [7, 11) is 0. The number of benzene rings is 1. The van der Waals surface area contributed by atoms with Crippen LogP contribution in [0.5, 0.6) is 0 Å². The molecule has 2 aromatic heterocycles. The van der Waals surface area contributed by atoms with Crippen molar-refractivity contribution in [2.24, 2.45) is 0 Å². The molecule has 136 valence electrons. The summed E-state index contributed by atoms with van der Waals surface area (Å²) in [6, 6.07) is 12.8. The Balaban J connectivity index is 1.78. The second-order valence-electron chi connectivity index (χ2n) is 7.71. The molecule has 1 fully saturated rings. The van der Waals surface area contributed by atoms with E-state index in [0.717, 1.165) is 23.6 Å². The van der Waals surface area contributed by atoms with Crippen LogP contribution in [0.4, 0.5) is 5.69 Å². The van der Waals surface area contributed by atoms with Gasteiger partial charge in [0, 0.05) is 24.0 Å². The summed E-state index contributed by atoms with van der Waals surface area (Å²) in [6.07, 6.45) is 5.93. The zero-order chi connectivity index (χ0) is 18.1. The fourth-order valence-corrected chi connectivity index (χ4v) is 3.85. The fourth-order valence-electron chi connectivity index (χ4n) is 3.85. The van der Waals surface area contributed by atoms with E-state index in [9.17, 15) is 0 Å². The highest BCUT2D eigenvalue weighted by Gasteiger charge is 2.19. The minimum atomic E-state index is 0.540. The van der Waals surface area contributed by atoms with E-state index < -0.39 is 0 Å². The van der Waals surface area contributed by atoms with Crippen molar-refractivity contribution in [2.75, 3.05) is 18.8 Å². The van der Waals surface area contributed by atoms with E-state index in [1.807, 2.05) is 18.3 Å². The number of fused-ring (bicyclic) bond motifs is 1. The molecule has 0 amide bonds. The van der Waals surface area contributed by atoms with E-state index in [4.69, 9.17) is 10.7 Å². The predicted octanol–water partition coefficient (Wildman–Crippen LogP) is 4.69. The molecule has 4 heteroatoms. The normalized spacial score (nSPS) is 15.8. The number of nitrogens with zero attached hydrogens (tertiary/aromatic N) is 3. The molecule has 4 nitrogen and oxygen atoms in total. The average molecular weight is 348 g/mol. The lowest BCUT2D eigenvalue weighted by Gasteiger charge is -2.26. The van der Waals surface area contributed by atoms with Crippen LogP contribution >= 0.6 is 0 Å². The van der Waals surface area contributed by atoms with Gasteiger partial charge in [-0.2, -0.15) is 0 Å². The Kier molecular flexibility index (Phi) is 4.68. The van der Waals surface area contributed by atoms with Gasteiger partial charge >= 0.3 is 0 Å². The van der Waals surface area contributed by atoms with Gasteiger partial charge in [-0.25, -0.2) is 4.98 Å². The van der Waals surface area contributed by atoms with Gasteiger partial charge in [0.15, 0.2) is 0 Å². The predicted molar refractivity (Wildman–Crippen MR) is 108 cm³/mol. The molecule has 0 bridgehead atoms. The first-order valence-corrected chi connectivity index (χ1v) is 9.71. The van der Waals surface area contributed by atoms with E-state index in [2.05, 4.69) is 47.4 Å². The van der Waals surface area contributed by atoms with Crippen LogP contribution in [0.25, 0.3) is 16.9 Å². The summed E-state index contributed by atoms with van der Waals surface area (Å²) in [6.45, 7) is 7.71. The van der Waals surface area contributed by atoms with Crippen molar-refractivity contribution in [3.63, 3.8) is 0 Å². The van der Waals surface area contributed by atoms with E-state index in [-0.39, 0.29) is 0 Å². The first kappa shape index (κ1) is 17.1. The van der Waals surface area contributed by atoms with E-state index in [1.165, 1.54) is 49.2 Å². The van der Waals surface area contributed by atoms with Gasteiger partial charge < -0.3 is 10.1 Å². The van der Waals surface area contributed by atoms with Gasteiger partial charge in [0.25, 0.3) is 0 Å². The molecular formula is C22H28N4. The summed E-state index contributed by atoms with van der Waals surface area (Å²) in [5.41, 5.74) is 12.7. The number of hydrogen-bond donors (Lipinski definition) is 1. The lowest BCUT2D eigenvalue weighted by atomic mass is 10.00. The van der Waals surface area contributed by atoms with Crippen molar-refractivity contribution in [1.82, 2.24) is 14.3 Å². The average Bonchev–Trinajstić information content (AvgIpc) is 3.00. The van der Waals surface area contributed by atoms with Crippen LogP contribution in [0, 0.1) is 0 Å². The summed E-state index contributed by atoms with van der Waals surface area (Å²) in [5.74, 6) is 0.540. The van der Waals surface area contributed by atoms with Gasteiger partial charge in [-0.1, -0.05) is 44.5 Å². The highest BCUT2D eigenvalue weighted by molar-refractivity contribution is 5.67. The number of aromatic nitrogens is 2. The van der Waals surface area contributed by atoms with Gasteiger partial charge in [0.1, 0.15) is 5.65 Å². The Labute approximate surface area is 155 Å². The fraction of sp³-hybridized carbons (Fsp3) is 0.409. The maximum Gasteiger partial charge on any atom is 0.137 e. The Hall–Kier alpha value is -2.33. The summed E-state index contributed by atoms with van der Waals surface area (Å²) >= 11 is 0. The highest BCUT2D eigenvalue weighted by atomic mass is 15.2. The molecule has 3 heterocycles. The molecule has 2 N–H and O–H groups in total. The van der Waals surface area contributed by atoms with Crippen molar-refractivity contribution in [2.45, 2.75) is 45.6 Å². The Morgan fingerprint density at radius 1 is 1.00 bits per heavy atom. The van der Waals surface area contributed by atoms with Crippen molar-refractivity contribution in [3.05, 3.63) is 53.9 Å². The van der Waals surface area contributed by atoms with Crippen molar-refractivity contribution in [3.8, 4) is 11.3 Å². The first-order chi connectivity index (χ1) is 12.6. The van der Waals surface area contributed by atoms with Crippen LogP contribution in [-0.2, 0) is 6.54 Å². The molecule has 3 aromatic rings. The van der Waals surface area contributed by atoms with Gasteiger partial charge in [-0.15, -0.1) is 0 Å². The Morgan fingerprint density at radius 3 is 2.42 bits per heavy atom. The van der Waals surface area contributed by atoms with Gasteiger partial charge in [-0.05, 0) is 49.5 Å². The lowest BCUT2D eigenvalue weighted by molar-refractivity contribution is 0.218. The monoisotopic (exact) mass is 348 g/mol. The van der Waals surface area contributed by atoms with Gasteiger partial charge in [0.05, 0.1) is 11.4 Å². The van der Waals surface area contributed by atoms with Crippen LogP contribution in [0.3, 0.4) is 0 Å². The summed E-state index contributed by atoms with van der Waals surface area (Å²) < 4.78 is 2.18. The molecule has 1 aromatic carbocycles. The number of piperidine rings is 1. The topological polar surface area (TPSA) is 46.6 Å². The standard InChI is InChI=1S/C22H28N4/c1-16(2)17-6-8-18(9-7-17)22-20(15-25-12-4-3-5-13-25)26-14-19(23)10-11-21(26)24-22/h6-11,14,16H,3-5,12-13,15,23H2,1-2H3. The molecule has 4 rings (SSSR count). The first-order valence-electron chi connectivity index (χ1n) is 9.71. The summed E-state index contributed by atoms with van der Waals surface area (Å²) in [5, 5.41) is 0. The molecular weight excluding hydrogens is 320 g/mol. The van der Waals surface area contributed by atoms with Crippen molar-refractivity contribution in [1.29, 1.82) is 0 Å². The SMILES string of the molecule is CC(C)c1ccc(-c2nc3ccc(N)cn3c2CN2CCCCC2)cc1. The van der Waals surface area contributed by atoms with Crippen LogP contribution in [0.15, 0.2) is 42.6 Å². The second-order valence-corrected chi connectivity index (χ2v) is 7.71. The Bertz CT molecular complexity index is 886. The van der Waals surface area contributed by atoms with Crippen LogP contribution < -0.4 is 5.73 Å². The van der Waals surface area contributed by atoms with Gasteiger partial charge in [0.2, 0.25) is 0 Å². The maximum atomic E-state index is 6.06. The third-order valence-corrected chi connectivity index (χ3v) is 5.41. The summed E-state index contributed by atoms with van der Waals surface area (Å²) in [4.78, 5) is 7.49. The minimum Gasteiger partial charge on any atom is -0.398 e. The number of nitrogen functional groups attached to an aromatic ring is 1. The quantitative estimate of drug-likeness (QED) is 0.744. The van der Waals surface area contributed by atoms with E-state index >= 15 is 0 Å². The number of hydrogen-bond acceptors (Lipinski definition) is 3. The van der Waals surface area contributed by atoms with Crippen molar-refractivity contribution >= 4 is 11.3 Å². The molecule has 0 unspecified atom stereocenters. The molecule has 0 radical (unpaired) electrons. The number of anilines is 1. The molecule has 1 saturated heterocycles. The smallest absolute Gasteiger partial charge is 0.137 e. The van der Waals surface area contributed by atoms with Gasteiger partial charge in [-0.3, -0.25) is 4.90 Å². The molecule has 0 aliphatic carbocycles.